The Morgan fingerprint density at radius 2 is 2.20 bits per heavy atom. The third-order valence-corrected chi connectivity index (χ3v) is 3.85. The number of anilines is 1. The number of hydrogen-bond acceptors (Lipinski definition) is 3. The Kier molecular flexibility index (Phi) is 5.27. The highest BCUT2D eigenvalue weighted by atomic mass is 16.5. The fourth-order valence-electron chi connectivity index (χ4n) is 2.65. The Hall–Kier alpha value is -1.71. The Morgan fingerprint density at radius 3 is 3.00 bits per heavy atom. The summed E-state index contributed by atoms with van der Waals surface area (Å²) in [4.78, 5) is 11.9. The van der Waals surface area contributed by atoms with Crippen LogP contribution in [0.1, 0.15) is 39.0 Å². The van der Waals surface area contributed by atoms with Gasteiger partial charge in [-0.05, 0) is 37.3 Å². The fraction of sp³-hybridized carbons (Fsp3) is 0.562. The molecule has 1 amide bonds. The number of nitrogens with one attached hydrogen (secondary N) is 1. The molecule has 0 radical (unpaired) electrons. The van der Waals surface area contributed by atoms with E-state index in [1.165, 1.54) is 19.3 Å². The van der Waals surface area contributed by atoms with Gasteiger partial charge in [-0.2, -0.15) is 0 Å². The summed E-state index contributed by atoms with van der Waals surface area (Å²) >= 11 is 0. The molecule has 1 saturated carbocycles. The van der Waals surface area contributed by atoms with Gasteiger partial charge in [0, 0.05) is 17.8 Å². The molecule has 0 heterocycles. The summed E-state index contributed by atoms with van der Waals surface area (Å²) in [5.41, 5.74) is 6.30. The molecule has 1 aromatic carbocycles. The Morgan fingerprint density at radius 1 is 1.35 bits per heavy atom. The molecule has 0 aromatic heterocycles. The molecule has 0 saturated heterocycles. The molecule has 1 aliphatic carbocycles. The van der Waals surface area contributed by atoms with Gasteiger partial charge in [-0.3, -0.25) is 4.79 Å². The van der Waals surface area contributed by atoms with Crippen molar-refractivity contribution in [1.29, 1.82) is 0 Å². The summed E-state index contributed by atoms with van der Waals surface area (Å²) < 4.78 is 5.45. The third-order valence-electron chi connectivity index (χ3n) is 3.85. The number of nitrogens with two attached hydrogens (primary N) is 1. The van der Waals surface area contributed by atoms with E-state index in [1.54, 1.807) is 18.2 Å². The monoisotopic (exact) mass is 276 g/mol. The van der Waals surface area contributed by atoms with Crippen LogP contribution in [0, 0.1) is 5.92 Å². The zero-order chi connectivity index (χ0) is 14.4. The van der Waals surface area contributed by atoms with E-state index < -0.39 is 0 Å². The zero-order valence-corrected chi connectivity index (χ0v) is 12.1. The van der Waals surface area contributed by atoms with Gasteiger partial charge in [0.05, 0.1) is 0 Å². The molecule has 0 aliphatic heterocycles. The van der Waals surface area contributed by atoms with Crippen LogP contribution in [0.3, 0.4) is 0 Å². The van der Waals surface area contributed by atoms with Gasteiger partial charge in [-0.15, -0.1) is 0 Å². The summed E-state index contributed by atoms with van der Waals surface area (Å²) in [6, 6.07) is 7.43. The van der Waals surface area contributed by atoms with E-state index in [2.05, 4.69) is 12.2 Å². The van der Waals surface area contributed by atoms with Crippen LogP contribution in [0.25, 0.3) is 0 Å². The molecule has 2 atom stereocenters. The number of hydrogen-bond donors (Lipinski definition) is 2. The van der Waals surface area contributed by atoms with Gasteiger partial charge >= 0.3 is 0 Å². The second-order valence-corrected chi connectivity index (χ2v) is 5.74. The van der Waals surface area contributed by atoms with E-state index in [4.69, 9.17) is 10.5 Å². The highest BCUT2D eigenvalue weighted by molar-refractivity contribution is 5.77. The molecule has 4 heteroatoms. The Balaban J connectivity index is 1.75. The molecule has 0 spiro atoms. The van der Waals surface area contributed by atoms with E-state index in [0.29, 0.717) is 17.5 Å². The van der Waals surface area contributed by atoms with E-state index >= 15 is 0 Å². The lowest BCUT2D eigenvalue weighted by Gasteiger charge is -2.16. The first kappa shape index (κ1) is 14.7. The van der Waals surface area contributed by atoms with Gasteiger partial charge in [-0.25, -0.2) is 0 Å². The van der Waals surface area contributed by atoms with Crippen LogP contribution in [-0.2, 0) is 4.79 Å². The van der Waals surface area contributed by atoms with Crippen molar-refractivity contribution < 1.29 is 9.53 Å². The molecule has 0 bridgehead atoms. The van der Waals surface area contributed by atoms with Crippen LogP contribution in [-0.4, -0.2) is 18.6 Å². The number of rotatable bonds is 4. The van der Waals surface area contributed by atoms with Crippen LogP contribution in [0.2, 0.25) is 0 Å². The minimum Gasteiger partial charge on any atom is -0.484 e. The number of carbonyl (C=O) groups excluding carboxylic acids is 1. The summed E-state index contributed by atoms with van der Waals surface area (Å²) in [7, 11) is 0. The van der Waals surface area contributed by atoms with Gasteiger partial charge in [0.2, 0.25) is 0 Å². The van der Waals surface area contributed by atoms with Crippen molar-refractivity contribution in [3.63, 3.8) is 0 Å². The normalized spacial score (nSPS) is 22.9. The second-order valence-electron chi connectivity index (χ2n) is 5.74. The number of benzene rings is 1. The third kappa shape index (κ3) is 4.76. The first-order valence-electron chi connectivity index (χ1n) is 7.41. The van der Waals surface area contributed by atoms with Crippen molar-refractivity contribution in [1.82, 2.24) is 5.32 Å². The molecular weight excluding hydrogens is 252 g/mol. The van der Waals surface area contributed by atoms with Crippen molar-refractivity contribution in [2.75, 3.05) is 12.3 Å². The van der Waals surface area contributed by atoms with Crippen molar-refractivity contribution in [3.05, 3.63) is 24.3 Å². The minimum atomic E-state index is -0.0491. The summed E-state index contributed by atoms with van der Waals surface area (Å²) in [6.07, 6.45) is 5.81. The maximum atomic E-state index is 11.9. The molecule has 1 aromatic rings. The van der Waals surface area contributed by atoms with Crippen LogP contribution in [0.15, 0.2) is 24.3 Å². The highest BCUT2D eigenvalue weighted by Crippen LogP contribution is 2.22. The average molecular weight is 276 g/mol. The number of carbonyl (C=O) groups is 1. The summed E-state index contributed by atoms with van der Waals surface area (Å²) in [5.74, 6) is 1.36. The topological polar surface area (TPSA) is 64.3 Å². The molecule has 3 N–H and O–H groups in total. The number of amides is 1. The zero-order valence-electron chi connectivity index (χ0n) is 12.1. The molecule has 2 unspecified atom stereocenters. The molecule has 1 aliphatic rings. The lowest BCUT2D eigenvalue weighted by molar-refractivity contribution is -0.123. The average Bonchev–Trinajstić information content (AvgIpc) is 2.62. The quantitative estimate of drug-likeness (QED) is 0.656. The highest BCUT2D eigenvalue weighted by Gasteiger charge is 2.17. The van der Waals surface area contributed by atoms with Gasteiger partial charge < -0.3 is 15.8 Å². The fourth-order valence-corrected chi connectivity index (χ4v) is 2.65. The molecule has 1 fully saturated rings. The smallest absolute Gasteiger partial charge is 0.258 e. The standard InChI is InChI=1S/C16H24N2O2/c1-12-4-2-6-14(9-8-12)18-16(19)11-20-15-7-3-5-13(17)10-15/h3,5,7,10,12,14H,2,4,6,8-9,11,17H2,1H3,(H,18,19). The van der Waals surface area contributed by atoms with E-state index in [0.717, 1.165) is 18.8 Å². The maximum absolute atomic E-state index is 11.9. The number of nitrogen functional groups attached to an aromatic ring is 1. The van der Waals surface area contributed by atoms with Crippen molar-refractivity contribution in [2.24, 2.45) is 5.92 Å². The summed E-state index contributed by atoms with van der Waals surface area (Å²) in [5, 5.41) is 3.07. The van der Waals surface area contributed by atoms with Crippen LogP contribution in [0.5, 0.6) is 5.75 Å². The van der Waals surface area contributed by atoms with Gasteiger partial charge in [0.25, 0.3) is 5.91 Å². The van der Waals surface area contributed by atoms with Crippen molar-refractivity contribution in [2.45, 2.75) is 45.1 Å². The van der Waals surface area contributed by atoms with Crippen LogP contribution in [0.4, 0.5) is 5.69 Å². The predicted octanol–water partition coefficient (Wildman–Crippen LogP) is 2.73. The van der Waals surface area contributed by atoms with E-state index in [1.807, 2.05) is 6.07 Å². The molecular formula is C16H24N2O2. The molecule has 4 nitrogen and oxygen atoms in total. The molecule has 110 valence electrons. The lowest BCUT2D eigenvalue weighted by atomic mass is 10.0. The Labute approximate surface area is 120 Å². The van der Waals surface area contributed by atoms with Gasteiger partial charge in [0.1, 0.15) is 5.75 Å². The predicted molar refractivity (Wildman–Crippen MR) is 80.5 cm³/mol. The largest absolute Gasteiger partial charge is 0.484 e. The summed E-state index contributed by atoms with van der Waals surface area (Å²) in [6.45, 7) is 2.34. The maximum Gasteiger partial charge on any atom is 0.258 e. The first-order chi connectivity index (χ1) is 9.63. The lowest BCUT2D eigenvalue weighted by Crippen LogP contribution is -2.37. The first-order valence-corrected chi connectivity index (χ1v) is 7.41. The van der Waals surface area contributed by atoms with Gasteiger partial charge in [0.15, 0.2) is 6.61 Å². The van der Waals surface area contributed by atoms with Crippen LogP contribution < -0.4 is 15.8 Å². The van der Waals surface area contributed by atoms with Crippen molar-refractivity contribution >= 4 is 11.6 Å². The molecule has 20 heavy (non-hydrogen) atoms. The SMILES string of the molecule is CC1CCCC(NC(=O)COc2cccc(N)c2)CC1. The van der Waals surface area contributed by atoms with E-state index in [9.17, 15) is 4.79 Å². The van der Waals surface area contributed by atoms with Crippen molar-refractivity contribution in [3.8, 4) is 5.75 Å². The Bertz CT molecular complexity index is 448. The van der Waals surface area contributed by atoms with Gasteiger partial charge in [-0.1, -0.05) is 25.8 Å². The second kappa shape index (κ2) is 7.17. The number of ether oxygens (including phenoxy) is 1. The van der Waals surface area contributed by atoms with Crippen LogP contribution >= 0.6 is 0 Å². The minimum absolute atomic E-state index is 0.0491. The van der Waals surface area contributed by atoms with E-state index in [-0.39, 0.29) is 12.5 Å². The molecule has 2 rings (SSSR count).